The number of likely N-dealkylation sites (tertiary alicyclic amines) is 1. The van der Waals surface area contributed by atoms with E-state index in [1.54, 1.807) is 21.3 Å². The number of likely N-dealkylation sites (N-methyl/N-ethyl adjacent to an activating group) is 1. The van der Waals surface area contributed by atoms with Gasteiger partial charge >= 0.3 is 6.03 Å². The Hall–Kier alpha value is -3.40. The maximum atomic E-state index is 13.5. The Morgan fingerprint density at radius 2 is 1.83 bits per heavy atom. The highest BCUT2D eigenvalue weighted by molar-refractivity contribution is 5.89. The van der Waals surface area contributed by atoms with Crippen LogP contribution in [-0.4, -0.2) is 63.3 Å². The van der Waals surface area contributed by atoms with Gasteiger partial charge in [-0.15, -0.1) is 0 Å². The van der Waals surface area contributed by atoms with E-state index in [-0.39, 0.29) is 35.6 Å². The Kier molecular flexibility index (Phi) is 7.63. The van der Waals surface area contributed by atoms with Crippen LogP contribution in [0.5, 0.6) is 11.5 Å². The first-order chi connectivity index (χ1) is 17.3. The van der Waals surface area contributed by atoms with Crippen LogP contribution in [0.1, 0.15) is 31.2 Å². The van der Waals surface area contributed by atoms with Crippen molar-refractivity contribution in [2.75, 3.05) is 39.7 Å². The number of nitrogens with zero attached hydrogens (tertiary/aromatic N) is 1. The Morgan fingerprint density at radius 1 is 1.06 bits per heavy atom. The summed E-state index contributed by atoms with van der Waals surface area (Å²) >= 11 is 0. The van der Waals surface area contributed by atoms with E-state index in [0.717, 1.165) is 30.5 Å². The van der Waals surface area contributed by atoms with Crippen molar-refractivity contribution in [1.82, 2.24) is 15.5 Å². The normalized spacial score (nSPS) is 23.1. The molecule has 1 heterocycles. The molecular weight excluding hydrogens is 470 g/mol. The number of amides is 3. The summed E-state index contributed by atoms with van der Waals surface area (Å²) in [7, 11) is 4.93. The number of halogens is 2. The highest BCUT2D eigenvalue weighted by Crippen LogP contribution is 2.50. The summed E-state index contributed by atoms with van der Waals surface area (Å²) < 4.78 is 37.7. The maximum Gasteiger partial charge on any atom is 0.319 e. The minimum Gasteiger partial charge on any atom is -0.493 e. The molecule has 2 aromatic carbocycles. The first-order valence-electron chi connectivity index (χ1n) is 12.0. The first kappa shape index (κ1) is 25.7. The van der Waals surface area contributed by atoms with Gasteiger partial charge in [0, 0.05) is 35.8 Å². The van der Waals surface area contributed by atoms with Gasteiger partial charge in [-0.05, 0) is 62.6 Å². The highest BCUT2D eigenvalue weighted by Gasteiger charge is 2.53. The van der Waals surface area contributed by atoms with Crippen LogP contribution in [-0.2, 0) is 10.2 Å². The maximum absolute atomic E-state index is 13.5. The van der Waals surface area contributed by atoms with Gasteiger partial charge < -0.3 is 30.3 Å². The smallest absolute Gasteiger partial charge is 0.319 e. The molecule has 36 heavy (non-hydrogen) atoms. The Labute approximate surface area is 209 Å². The van der Waals surface area contributed by atoms with Crippen molar-refractivity contribution >= 4 is 17.6 Å². The van der Waals surface area contributed by atoms with Crippen LogP contribution in [0.4, 0.5) is 19.3 Å². The molecule has 3 N–H and O–H groups in total. The fourth-order valence-electron chi connectivity index (χ4n) is 5.64. The van der Waals surface area contributed by atoms with E-state index in [2.05, 4.69) is 16.0 Å². The average Bonchev–Trinajstić information content (AvgIpc) is 3.26. The number of hydrogen-bond donors (Lipinski definition) is 3. The molecule has 0 bridgehead atoms. The Bertz CT molecular complexity index is 1130. The molecule has 1 aliphatic carbocycles. The standard InChI is InChI=1S/C26H32F2N4O4/c1-29-15-24(33)32-11-10-26(16-4-7-21(35-2)22(12-16)36-3)9-8-18(14-23(26)32)31-25(34)30-17-5-6-19(27)20(28)13-17/h4-7,12-13,18,23,29H,8-11,14-15H2,1-3H3,(H2,30,31,34)/t18-,23+,26-/m0/s1. The zero-order chi connectivity index (χ0) is 25.9. The average molecular weight is 503 g/mol. The second-order valence-corrected chi connectivity index (χ2v) is 9.31. The van der Waals surface area contributed by atoms with Crippen LogP contribution in [0.15, 0.2) is 36.4 Å². The molecule has 2 aliphatic rings. The van der Waals surface area contributed by atoms with Gasteiger partial charge in [-0.25, -0.2) is 13.6 Å². The first-order valence-corrected chi connectivity index (χ1v) is 12.0. The van der Waals surface area contributed by atoms with Crippen LogP contribution in [0.2, 0.25) is 0 Å². The van der Waals surface area contributed by atoms with E-state index in [1.165, 1.54) is 6.07 Å². The van der Waals surface area contributed by atoms with Gasteiger partial charge in [0.05, 0.1) is 20.8 Å². The molecule has 1 aliphatic heterocycles. The Balaban J connectivity index is 1.55. The second kappa shape index (κ2) is 10.7. The number of urea groups is 1. The van der Waals surface area contributed by atoms with Gasteiger partial charge in [0.15, 0.2) is 23.1 Å². The number of benzene rings is 2. The number of carbonyl (C=O) groups excluding carboxylic acids is 2. The predicted molar refractivity (Wildman–Crippen MR) is 131 cm³/mol. The molecule has 8 nitrogen and oxygen atoms in total. The molecule has 0 spiro atoms. The number of ether oxygens (including phenoxy) is 2. The minimum atomic E-state index is -1.03. The zero-order valence-electron chi connectivity index (χ0n) is 20.7. The molecule has 4 rings (SSSR count). The van der Waals surface area contributed by atoms with Crippen LogP contribution < -0.4 is 25.4 Å². The van der Waals surface area contributed by atoms with Crippen molar-refractivity contribution < 1.29 is 27.8 Å². The lowest BCUT2D eigenvalue weighted by Gasteiger charge is -2.45. The fraction of sp³-hybridized carbons (Fsp3) is 0.462. The SMILES string of the molecule is CNCC(=O)N1CC[C@]2(c3ccc(OC)c(OC)c3)CC[C@H](NC(=O)Nc3ccc(F)c(F)c3)C[C@@H]12. The molecule has 0 unspecified atom stereocenters. The van der Waals surface area contributed by atoms with E-state index >= 15 is 0 Å². The lowest BCUT2D eigenvalue weighted by Crippen LogP contribution is -2.54. The summed E-state index contributed by atoms with van der Waals surface area (Å²) in [6.07, 6.45) is 2.82. The number of fused-ring (bicyclic) bond motifs is 1. The molecular formula is C26H32F2N4O4. The largest absolute Gasteiger partial charge is 0.493 e. The summed E-state index contributed by atoms with van der Waals surface area (Å²) in [5.41, 5.74) is 0.959. The molecule has 2 aromatic rings. The fourth-order valence-corrected chi connectivity index (χ4v) is 5.64. The van der Waals surface area contributed by atoms with E-state index in [0.29, 0.717) is 30.9 Å². The van der Waals surface area contributed by atoms with Crippen LogP contribution >= 0.6 is 0 Å². The zero-order valence-corrected chi connectivity index (χ0v) is 20.7. The van der Waals surface area contributed by atoms with Crippen molar-refractivity contribution in [3.05, 3.63) is 53.6 Å². The van der Waals surface area contributed by atoms with Crippen molar-refractivity contribution in [3.63, 3.8) is 0 Å². The molecule has 1 saturated heterocycles. The summed E-state index contributed by atoms with van der Waals surface area (Å²) in [5.74, 6) is -0.729. The number of anilines is 1. The third-order valence-corrected chi connectivity index (χ3v) is 7.38. The van der Waals surface area contributed by atoms with Crippen molar-refractivity contribution in [1.29, 1.82) is 0 Å². The quantitative estimate of drug-likeness (QED) is 0.540. The second-order valence-electron chi connectivity index (χ2n) is 9.31. The topological polar surface area (TPSA) is 91.9 Å². The lowest BCUT2D eigenvalue weighted by molar-refractivity contribution is -0.132. The molecule has 194 valence electrons. The van der Waals surface area contributed by atoms with Crippen LogP contribution in [0.3, 0.4) is 0 Å². The monoisotopic (exact) mass is 502 g/mol. The van der Waals surface area contributed by atoms with Crippen LogP contribution in [0.25, 0.3) is 0 Å². The third kappa shape index (κ3) is 4.95. The Morgan fingerprint density at radius 3 is 2.53 bits per heavy atom. The molecule has 10 heteroatoms. The number of hydrogen-bond acceptors (Lipinski definition) is 5. The van der Waals surface area contributed by atoms with Gasteiger partial charge in [-0.3, -0.25) is 4.79 Å². The molecule has 3 atom stereocenters. The van der Waals surface area contributed by atoms with Gasteiger partial charge in [-0.1, -0.05) is 6.07 Å². The van der Waals surface area contributed by atoms with E-state index in [1.807, 2.05) is 23.1 Å². The van der Waals surface area contributed by atoms with E-state index in [4.69, 9.17) is 9.47 Å². The van der Waals surface area contributed by atoms with Crippen molar-refractivity contribution in [3.8, 4) is 11.5 Å². The lowest BCUT2D eigenvalue weighted by atomic mass is 9.65. The molecule has 0 radical (unpaired) electrons. The van der Waals surface area contributed by atoms with Gasteiger partial charge in [0.1, 0.15) is 0 Å². The summed E-state index contributed by atoms with van der Waals surface area (Å²) in [4.78, 5) is 27.5. The summed E-state index contributed by atoms with van der Waals surface area (Å²) in [5, 5.41) is 8.45. The van der Waals surface area contributed by atoms with E-state index < -0.39 is 17.7 Å². The predicted octanol–water partition coefficient (Wildman–Crippen LogP) is 3.41. The van der Waals surface area contributed by atoms with Gasteiger partial charge in [0.2, 0.25) is 5.91 Å². The van der Waals surface area contributed by atoms with Crippen LogP contribution in [0, 0.1) is 11.6 Å². The van der Waals surface area contributed by atoms with Crippen molar-refractivity contribution in [2.24, 2.45) is 0 Å². The van der Waals surface area contributed by atoms with Gasteiger partial charge in [-0.2, -0.15) is 0 Å². The van der Waals surface area contributed by atoms with Crippen molar-refractivity contribution in [2.45, 2.75) is 43.2 Å². The molecule has 0 aromatic heterocycles. The number of carbonyl (C=O) groups is 2. The molecule has 1 saturated carbocycles. The minimum absolute atomic E-state index is 0.0109. The number of rotatable bonds is 7. The third-order valence-electron chi connectivity index (χ3n) is 7.38. The highest BCUT2D eigenvalue weighted by atomic mass is 19.2. The van der Waals surface area contributed by atoms with E-state index in [9.17, 15) is 18.4 Å². The molecule has 3 amide bonds. The summed E-state index contributed by atoms with van der Waals surface area (Å²) in [6.45, 7) is 0.848. The number of methoxy groups -OCH3 is 2. The number of nitrogens with one attached hydrogen (secondary N) is 3. The van der Waals surface area contributed by atoms with Gasteiger partial charge in [0.25, 0.3) is 0 Å². The summed E-state index contributed by atoms with van der Waals surface area (Å²) in [6, 6.07) is 8.28. The molecule has 2 fully saturated rings.